The number of hydrogen-bond donors (Lipinski definition) is 1. The van der Waals surface area contributed by atoms with Crippen LogP contribution in [0, 0.1) is 0 Å². The van der Waals surface area contributed by atoms with Crippen molar-refractivity contribution in [3.63, 3.8) is 0 Å². The lowest BCUT2D eigenvalue weighted by Crippen LogP contribution is -1.98. The molecule has 0 spiro atoms. The maximum absolute atomic E-state index is 4.95. The molecule has 0 unspecified atom stereocenters. The van der Waals surface area contributed by atoms with Gasteiger partial charge in [-0.15, -0.1) is 0 Å². The third kappa shape index (κ3) is 2.53. The Morgan fingerprint density at radius 2 is 2.40 bits per heavy atom. The molecule has 0 amide bonds. The molecule has 2 heterocycles. The van der Waals surface area contributed by atoms with Crippen LogP contribution in [0.2, 0.25) is 0 Å². The quantitative estimate of drug-likeness (QED) is 0.863. The Morgan fingerprint density at radius 3 is 3.00 bits per heavy atom. The summed E-state index contributed by atoms with van der Waals surface area (Å²) in [6.07, 6.45) is 1.62. The van der Waals surface area contributed by atoms with E-state index in [1.165, 1.54) is 11.5 Å². The standard InChI is InChI=1S/C9H12N4OS/c1-6(2)8-12-9(15-13-8)10-5-7-3-4-11-14-7/h3-4,6H,5H2,1-2H3,(H,10,12,13). The van der Waals surface area contributed by atoms with Crippen LogP contribution in [0.15, 0.2) is 16.8 Å². The van der Waals surface area contributed by atoms with E-state index >= 15 is 0 Å². The summed E-state index contributed by atoms with van der Waals surface area (Å²) in [6.45, 7) is 4.73. The number of aromatic nitrogens is 3. The predicted octanol–water partition coefficient (Wildman–Crippen LogP) is 2.26. The summed E-state index contributed by atoms with van der Waals surface area (Å²) in [4.78, 5) is 4.34. The van der Waals surface area contributed by atoms with Gasteiger partial charge in [0, 0.05) is 23.5 Å². The van der Waals surface area contributed by atoms with Crippen molar-refractivity contribution in [2.75, 3.05) is 5.32 Å². The SMILES string of the molecule is CC(C)c1nsc(NCc2ccno2)n1. The average molecular weight is 224 g/mol. The van der Waals surface area contributed by atoms with Gasteiger partial charge in [-0.3, -0.25) is 0 Å². The van der Waals surface area contributed by atoms with Crippen molar-refractivity contribution < 1.29 is 4.52 Å². The number of hydrogen-bond acceptors (Lipinski definition) is 6. The number of anilines is 1. The molecule has 0 bridgehead atoms. The van der Waals surface area contributed by atoms with Crippen molar-refractivity contribution >= 4 is 16.7 Å². The van der Waals surface area contributed by atoms with Gasteiger partial charge in [0.25, 0.3) is 0 Å². The monoisotopic (exact) mass is 224 g/mol. The van der Waals surface area contributed by atoms with Gasteiger partial charge in [-0.25, -0.2) is 4.98 Å². The lowest BCUT2D eigenvalue weighted by atomic mass is 10.2. The molecular formula is C9H12N4OS. The first kappa shape index (κ1) is 10.1. The van der Waals surface area contributed by atoms with E-state index in [0.29, 0.717) is 12.5 Å². The lowest BCUT2D eigenvalue weighted by molar-refractivity contribution is 0.388. The molecule has 0 atom stereocenters. The molecule has 0 radical (unpaired) electrons. The molecule has 5 nitrogen and oxygen atoms in total. The van der Waals surface area contributed by atoms with Crippen molar-refractivity contribution in [1.82, 2.24) is 14.5 Å². The van der Waals surface area contributed by atoms with Crippen LogP contribution in [0.5, 0.6) is 0 Å². The summed E-state index contributed by atoms with van der Waals surface area (Å²) in [5, 5.41) is 7.57. The summed E-state index contributed by atoms with van der Waals surface area (Å²) in [6, 6.07) is 1.82. The molecule has 6 heteroatoms. The first-order valence-corrected chi connectivity index (χ1v) is 5.50. The van der Waals surface area contributed by atoms with Gasteiger partial charge < -0.3 is 9.84 Å². The van der Waals surface area contributed by atoms with E-state index in [9.17, 15) is 0 Å². The molecule has 2 aromatic heterocycles. The highest BCUT2D eigenvalue weighted by Gasteiger charge is 2.07. The molecule has 0 saturated carbocycles. The molecule has 15 heavy (non-hydrogen) atoms. The van der Waals surface area contributed by atoms with Gasteiger partial charge in [-0.1, -0.05) is 19.0 Å². The minimum absolute atomic E-state index is 0.363. The Hall–Kier alpha value is -1.43. The Bertz CT molecular complexity index is 409. The normalized spacial score (nSPS) is 10.9. The summed E-state index contributed by atoms with van der Waals surface area (Å²) in [5.41, 5.74) is 0. The summed E-state index contributed by atoms with van der Waals surface area (Å²) in [5.74, 6) is 2.03. The van der Waals surface area contributed by atoms with E-state index in [0.717, 1.165) is 16.7 Å². The molecule has 0 aliphatic carbocycles. The molecule has 0 aliphatic rings. The smallest absolute Gasteiger partial charge is 0.202 e. The minimum atomic E-state index is 0.363. The second kappa shape index (κ2) is 4.39. The topological polar surface area (TPSA) is 63.8 Å². The van der Waals surface area contributed by atoms with Crippen LogP contribution in [0.1, 0.15) is 31.4 Å². The van der Waals surface area contributed by atoms with Crippen molar-refractivity contribution in [2.24, 2.45) is 0 Å². The number of nitrogens with one attached hydrogen (secondary N) is 1. The Balaban J connectivity index is 1.94. The average Bonchev–Trinajstić information content (AvgIpc) is 2.86. The highest BCUT2D eigenvalue weighted by Crippen LogP contribution is 2.17. The third-order valence-corrected chi connectivity index (χ3v) is 2.55. The van der Waals surface area contributed by atoms with E-state index < -0.39 is 0 Å². The second-order valence-corrected chi connectivity index (χ2v) is 4.20. The van der Waals surface area contributed by atoms with Crippen LogP contribution in [-0.4, -0.2) is 14.5 Å². The van der Waals surface area contributed by atoms with Gasteiger partial charge in [0.05, 0.1) is 12.7 Å². The fourth-order valence-corrected chi connectivity index (χ4v) is 1.74. The minimum Gasteiger partial charge on any atom is -0.360 e. The van der Waals surface area contributed by atoms with Gasteiger partial charge in [0.1, 0.15) is 5.82 Å². The summed E-state index contributed by atoms with van der Waals surface area (Å²) < 4.78 is 9.19. The van der Waals surface area contributed by atoms with Crippen LogP contribution in [0.25, 0.3) is 0 Å². The largest absolute Gasteiger partial charge is 0.360 e. The van der Waals surface area contributed by atoms with Crippen molar-refractivity contribution in [3.05, 3.63) is 23.8 Å². The van der Waals surface area contributed by atoms with Crippen LogP contribution in [-0.2, 0) is 6.54 Å². The summed E-state index contributed by atoms with van der Waals surface area (Å²) >= 11 is 1.37. The zero-order chi connectivity index (χ0) is 10.7. The zero-order valence-electron chi connectivity index (χ0n) is 8.60. The van der Waals surface area contributed by atoms with Crippen LogP contribution >= 0.6 is 11.5 Å². The molecule has 2 aromatic rings. The van der Waals surface area contributed by atoms with E-state index in [1.54, 1.807) is 6.20 Å². The highest BCUT2D eigenvalue weighted by atomic mass is 32.1. The molecule has 80 valence electrons. The van der Waals surface area contributed by atoms with Gasteiger partial charge in [-0.05, 0) is 0 Å². The fraction of sp³-hybridized carbons (Fsp3) is 0.444. The van der Waals surface area contributed by atoms with Gasteiger partial charge >= 0.3 is 0 Å². The van der Waals surface area contributed by atoms with Gasteiger partial charge in [0.2, 0.25) is 5.13 Å². The molecule has 0 aromatic carbocycles. The third-order valence-electron chi connectivity index (χ3n) is 1.86. The highest BCUT2D eigenvalue weighted by molar-refractivity contribution is 7.09. The van der Waals surface area contributed by atoms with Crippen LogP contribution in [0.3, 0.4) is 0 Å². The predicted molar refractivity (Wildman–Crippen MR) is 57.8 cm³/mol. The van der Waals surface area contributed by atoms with E-state index in [-0.39, 0.29) is 0 Å². The molecule has 0 saturated heterocycles. The molecular weight excluding hydrogens is 212 g/mol. The van der Waals surface area contributed by atoms with Crippen LogP contribution in [0.4, 0.5) is 5.13 Å². The molecule has 0 aliphatic heterocycles. The van der Waals surface area contributed by atoms with Gasteiger partial charge in [-0.2, -0.15) is 4.37 Å². The lowest BCUT2D eigenvalue weighted by Gasteiger charge is -1.97. The molecule has 0 fully saturated rings. The summed E-state index contributed by atoms with van der Waals surface area (Å²) in [7, 11) is 0. The first-order chi connectivity index (χ1) is 7.25. The maximum atomic E-state index is 4.95. The second-order valence-electron chi connectivity index (χ2n) is 3.44. The maximum Gasteiger partial charge on any atom is 0.202 e. The first-order valence-electron chi connectivity index (χ1n) is 4.72. The Labute approximate surface area is 91.7 Å². The Kier molecular flexibility index (Phi) is 2.96. The number of rotatable bonds is 4. The molecule has 1 N–H and O–H groups in total. The van der Waals surface area contributed by atoms with E-state index in [2.05, 4.69) is 33.7 Å². The van der Waals surface area contributed by atoms with Crippen molar-refractivity contribution in [1.29, 1.82) is 0 Å². The fourth-order valence-electron chi connectivity index (χ4n) is 1.04. The van der Waals surface area contributed by atoms with E-state index in [4.69, 9.17) is 4.52 Å². The van der Waals surface area contributed by atoms with Crippen molar-refractivity contribution in [3.8, 4) is 0 Å². The Morgan fingerprint density at radius 1 is 1.53 bits per heavy atom. The van der Waals surface area contributed by atoms with Crippen LogP contribution < -0.4 is 5.32 Å². The van der Waals surface area contributed by atoms with E-state index in [1.807, 2.05) is 6.07 Å². The van der Waals surface area contributed by atoms with Crippen molar-refractivity contribution in [2.45, 2.75) is 26.3 Å². The molecule has 2 rings (SSSR count). The number of nitrogens with zero attached hydrogens (tertiary/aromatic N) is 3. The zero-order valence-corrected chi connectivity index (χ0v) is 9.41. The van der Waals surface area contributed by atoms with Gasteiger partial charge in [0.15, 0.2) is 5.76 Å².